The van der Waals surface area contributed by atoms with Crippen LogP contribution in [0.3, 0.4) is 0 Å². The number of carbonyl (C=O) groups excluding carboxylic acids is 1. The summed E-state index contributed by atoms with van der Waals surface area (Å²) in [5.74, 6) is -0.270. The summed E-state index contributed by atoms with van der Waals surface area (Å²) in [6.07, 6.45) is -3.83. The number of rotatable bonds is 7. The molecular formula is C23H24F3N3O2S. The summed E-state index contributed by atoms with van der Waals surface area (Å²) in [6.45, 7) is 4.39. The van der Waals surface area contributed by atoms with Gasteiger partial charge in [-0.2, -0.15) is 0 Å². The van der Waals surface area contributed by atoms with Gasteiger partial charge in [-0.25, -0.2) is 4.79 Å². The Kier molecular flexibility index (Phi) is 6.55. The molecule has 2 aromatic rings. The Morgan fingerprint density at radius 1 is 1.03 bits per heavy atom. The maximum Gasteiger partial charge on any atom is 0.573 e. The molecule has 2 amide bonds. The molecule has 1 unspecified atom stereocenters. The minimum Gasteiger partial charge on any atom is -0.406 e. The summed E-state index contributed by atoms with van der Waals surface area (Å²) in [5.41, 5.74) is 3.06. The molecule has 32 heavy (non-hydrogen) atoms. The van der Waals surface area contributed by atoms with E-state index in [1.54, 1.807) is 28.8 Å². The number of nitrogens with zero attached hydrogens (tertiary/aromatic N) is 3. The van der Waals surface area contributed by atoms with E-state index < -0.39 is 6.36 Å². The molecule has 1 fully saturated rings. The number of carbonyl (C=O) groups is 1. The van der Waals surface area contributed by atoms with Crippen LogP contribution in [-0.4, -0.2) is 52.2 Å². The number of ether oxygens (including phenoxy) is 1. The van der Waals surface area contributed by atoms with Gasteiger partial charge in [-0.3, -0.25) is 4.90 Å². The highest BCUT2D eigenvalue weighted by Gasteiger charge is 2.39. The zero-order valence-corrected chi connectivity index (χ0v) is 18.4. The molecule has 0 bridgehead atoms. The number of allylic oxidation sites excluding steroid dienone is 1. The van der Waals surface area contributed by atoms with Crippen LogP contribution in [0.2, 0.25) is 0 Å². The van der Waals surface area contributed by atoms with Crippen LogP contribution in [0.1, 0.15) is 18.1 Å². The molecule has 4 rings (SSSR count). The molecule has 2 heterocycles. The lowest BCUT2D eigenvalue weighted by Crippen LogP contribution is -2.46. The third-order valence-electron chi connectivity index (χ3n) is 5.49. The first kappa shape index (κ1) is 22.4. The fourth-order valence-electron chi connectivity index (χ4n) is 3.87. The Bertz CT molecular complexity index is 967. The largest absolute Gasteiger partial charge is 0.573 e. The fourth-order valence-corrected chi connectivity index (χ4v) is 5.08. The van der Waals surface area contributed by atoms with Crippen molar-refractivity contribution in [3.05, 3.63) is 76.8 Å². The molecule has 0 aromatic heterocycles. The summed E-state index contributed by atoms with van der Waals surface area (Å²) < 4.78 is 40.9. The number of thioether (sulfide) groups is 1. The van der Waals surface area contributed by atoms with Crippen LogP contribution in [0.4, 0.5) is 18.0 Å². The highest BCUT2D eigenvalue weighted by molar-refractivity contribution is 8.02. The van der Waals surface area contributed by atoms with E-state index in [-0.39, 0.29) is 17.3 Å². The van der Waals surface area contributed by atoms with Crippen molar-refractivity contribution in [1.29, 1.82) is 0 Å². The second-order valence-corrected chi connectivity index (χ2v) is 8.67. The maximum atomic E-state index is 13.1. The molecule has 0 saturated carbocycles. The van der Waals surface area contributed by atoms with Crippen LogP contribution in [0.5, 0.6) is 5.75 Å². The van der Waals surface area contributed by atoms with Gasteiger partial charge in [0.15, 0.2) is 5.50 Å². The van der Waals surface area contributed by atoms with Gasteiger partial charge in [0.25, 0.3) is 0 Å². The van der Waals surface area contributed by atoms with E-state index in [1.807, 2.05) is 23.1 Å². The van der Waals surface area contributed by atoms with Gasteiger partial charge < -0.3 is 14.5 Å². The van der Waals surface area contributed by atoms with Gasteiger partial charge in [-0.1, -0.05) is 54.2 Å². The van der Waals surface area contributed by atoms with E-state index in [9.17, 15) is 18.0 Å². The lowest BCUT2D eigenvalue weighted by Gasteiger charge is -2.34. The van der Waals surface area contributed by atoms with Crippen molar-refractivity contribution in [2.24, 2.45) is 0 Å². The van der Waals surface area contributed by atoms with Gasteiger partial charge in [-0.05, 0) is 42.0 Å². The second-order valence-electron chi connectivity index (χ2n) is 7.74. The summed E-state index contributed by atoms with van der Waals surface area (Å²) in [4.78, 5) is 18.9. The predicted molar refractivity (Wildman–Crippen MR) is 118 cm³/mol. The minimum absolute atomic E-state index is 0.0640. The first-order chi connectivity index (χ1) is 15.3. The second kappa shape index (κ2) is 9.36. The molecule has 170 valence electrons. The molecule has 0 N–H and O–H groups in total. The summed E-state index contributed by atoms with van der Waals surface area (Å²) in [7, 11) is 0. The third-order valence-corrected chi connectivity index (χ3v) is 6.72. The van der Waals surface area contributed by atoms with Gasteiger partial charge in [0, 0.05) is 31.9 Å². The predicted octanol–water partition coefficient (Wildman–Crippen LogP) is 5.26. The molecule has 0 aliphatic carbocycles. The van der Waals surface area contributed by atoms with Gasteiger partial charge in [0.2, 0.25) is 0 Å². The Labute approximate surface area is 189 Å². The summed E-state index contributed by atoms with van der Waals surface area (Å²) in [6, 6.07) is 15.8. The van der Waals surface area contributed by atoms with Crippen molar-refractivity contribution in [2.45, 2.75) is 31.7 Å². The van der Waals surface area contributed by atoms with E-state index in [4.69, 9.17) is 0 Å². The average molecular weight is 464 g/mol. The molecule has 2 aromatic carbocycles. The molecule has 2 aliphatic rings. The topological polar surface area (TPSA) is 36.0 Å². The lowest BCUT2D eigenvalue weighted by atomic mass is 10.1. The van der Waals surface area contributed by atoms with Crippen LogP contribution in [0, 0.1) is 0 Å². The first-order valence-electron chi connectivity index (χ1n) is 10.3. The number of halogens is 3. The Morgan fingerprint density at radius 2 is 1.75 bits per heavy atom. The standard InChI is InChI=1S/C23H24F3N3O2S/c1-17-16-32-22(28(17)12-11-18-5-3-2-4-6-18)29-14-13-27(21(29)30)15-19-7-9-20(10-8-19)31-23(24,25)26/h2-10,16,22H,11-15H2,1H3. The van der Waals surface area contributed by atoms with Crippen molar-refractivity contribution in [3.8, 4) is 5.75 Å². The zero-order chi connectivity index (χ0) is 22.7. The number of hydrogen-bond acceptors (Lipinski definition) is 4. The number of urea groups is 1. The SMILES string of the molecule is CC1=CSC(N2CCN(Cc3ccc(OC(F)(F)F)cc3)C2=O)N1CCc1ccccc1. The normalized spacial score (nSPS) is 19.0. The third kappa shape index (κ3) is 5.32. The van der Waals surface area contributed by atoms with Crippen molar-refractivity contribution < 1.29 is 22.7 Å². The monoisotopic (exact) mass is 463 g/mol. The number of alkyl halides is 3. The Hall–Kier alpha value is -2.81. The number of benzene rings is 2. The number of hydrogen-bond donors (Lipinski definition) is 0. The van der Waals surface area contributed by atoms with Crippen molar-refractivity contribution in [2.75, 3.05) is 19.6 Å². The van der Waals surface area contributed by atoms with Crippen LogP contribution in [0.25, 0.3) is 0 Å². The van der Waals surface area contributed by atoms with E-state index in [2.05, 4.69) is 34.1 Å². The number of amides is 2. The molecule has 5 nitrogen and oxygen atoms in total. The van der Waals surface area contributed by atoms with E-state index >= 15 is 0 Å². The van der Waals surface area contributed by atoms with Crippen molar-refractivity contribution >= 4 is 17.8 Å². The van der Waals surface area contributed by atoms with Crippen LogP contribution in [-0.2, 0) is 13.0 Å². The van der Waals surface area contributed by atoms with Crippen LogP contribution < -0.4 is 4.74 Å². The smallest absolute Gasteiger partial charge is 0.406 e. The zero-order valence-electron chi connectivity index (χ0n) is 17.6. The lowest BCUT2D eigenvalue weighted by molar-refractivity contribution is -0.274. The Morgan fingerprint density at radius 3 is 2.44 bits per heavy atom. The molecule has 1 atom stereocenters. The van der Waals surface area contributed by atoms with Gasteiger partial charge in [0.05, 0.1) is 0 Å². The molecule has 2 aliphatic heterocycles. The summed E-state index contributed by atoms with van der Waals surface area (Å²) >= 11 is 1.63. The average Bonchev–Trinajstić information content (AvgIpc) is 3.29. The van der Waals surface area contributed by atoms with E-state index in [0.29, 0.717) is 19.6 Å². The molecular weight excluding hydrogens is 439 g/mol. The fraction of sp³-hybridized carbons (Fsp3) is 0.348. The quantitative estimate of drug-likeness (QED) is 0.561. The van der Waals surface area contributed by atoms with Gasteiger partial charge in [-0.15, -0.1) is 13.2 Å². The molecule has 1 saturated heterocycles. The summed E-state index contributed by atoms with van der Waals surface area (Å²) in [5, 5.41) is 2.09. The highest BCUT2D eigenvalue weighted by Crippen LogP contribution is 2.35. The highest BCUT2D eigenvalue weighted by atomic mass is 32.2. The first-order valence-corrected chi connectivity index (χ1v) is 11.3. The van der Waals surface area contributed by atoms with Gasteiger partial charge in [0.1, 0.15) is 5.75 Å². The molecule has 0 spiro atoms. The van der Waals surface area contributed by atoms with Gasteiger partial charge >= 0.3 is 12.4 Å². The van der Waals surface area contributed by atoms with Crippen LogP contribution >= 0.6 is 11.8 Å². The molecule has 9 heteroatoms. The van der Waals surface area contributed by atoms with Crippen molar-refractivity contribution in [1.82, 2.24) is 14.7 Å². The minimum atomic E-state index is -4.72. The van der Waals surface area contributed by atoms with Crippen molar-refractivity contribution in [3.63, 3.8) is 0 Å². The van der Waals surface area contributed by atoms with Crippen LogP contribution in [0.15, 0.2) is 65.7 Å². The van der Waals surface area contributed by atoms with E-state index in [1.165, 1.54) is 17.7 Å². The van der Waals surface area contributed by atoms with E-state index in [0.717, 1.165) is 24.2 Å². The Balaban J connectivity index is 1.36. The molecule has 0 radical (unpaired) electrons. The maximum absolute atomic E-state index is 13.1.